The molecule has 0 aliphatic carbocycles. The third-order valence-electron chi connectivity index (χ3n) is 3.39. The first-order valence-corrected chi connectivity index (χ1v) is 7.41. The Morgan fingerprint density at radius 3 is 2.46 bits per heavy atom. The van der Waals surface area contributed by atoms with Gasteiger partial charge >= 0.3 is 0 Å². The van der Waals surface area contributed by atoms with Gasteiger partial charge in [-0.25, -0.2) is 0 Å². The number of nitrogens with two attached hydrogens (primary N) is 1. The first-order chi connectivity index (χ1) is 10.5. The number of aryl methyl sites for hydroxylation is 1. The summed E-state index contributed by atoms with van der Waals surface area (Å²) in [7, 11) is 4.05. The van der Waals surface area contributed by atoms with Crippen LogP contribution in [0.4, 0.5) is 11.4 Å². The lowest BCUT2D eigenvalue weighted by atomic mass is 10.1. The molecule has 2 rings (SSSR count). The van der Waals surface area contributed by atoms with Gasteiger partial charge in [-0.3, -0.25) is 4.79 Å². The minimum Gasteiger partial charge on any atom is -0.399 e. The van der Waals surface area contributed by atoms with Crippen LogP contribution in [0, 0.1) is 0 Å². The fourth-order valence-electron chi connectivity index (χ4n) is 2.35. The van der Waals surface area contributed by atoms with Crippen molar-refractivity contribution in [3.05, 3.63) is 59.7 Å². The number of halogens is 2. The molecule has 0 spiro atoms. The van der Waals surface area contributed by atoms with Gasteiger partial charge in [-0.1, -0.05) is 30.3 Å². The molecule has 0 radical (unpaired) electrons. The summed E-state index contributed by atoms with van der Waals surface area (Å²) in [5.41, 5.74) is 9.66. The zero-order valence-electron chi connectivity index (χ0n) is 14.0. The lowest BCUT2D eigenvalue weighted by Gasteiger charge is -2.11. The summed E-state index contributed by atoms with van der Waals surface area (Å²) in [6, 6.07) is 15.6. The molecule has 0 saturated carbocycles. The number of hydrogen-bond donors (Lipinski definition) is 2. The van der Waals surface area contributed by atoms with Gasteiger partial charge in [0.1, 0.15) is 0 Å². The molecule has 0 bridgehead atoms. The fraction of sp³-hybridized carbons (Fsp3) is 0.278. The minimum absolute atomic E-state index is 0. The Morgan fingerprint density at radius 2 is 1.79 bits per heavy atom. The van der Waals surface area contributed by atoms with Gasteiger partial charge < -0.3 is 16.0 Å². The van der Waals surface area contributed by atoms with E-state index in [0.29, 0.717) is 12.8 Å². The van der Waals surface area contributed by atoms with E-state index in [1.165, 1.54) is 5.56 Å². The van der Waals surface area contributed by atoms with Crippen LogP contribution in [-0.4, -0.2) is 24.9 Å². The average molecular weight is 370 g/mol. The van der Waals surface area contributed by atoms with Crippen molar-refractivity contribution in [3.63, 3.8) is 0 Å². The molecule has 2 aromatic carbocycles. The van der Waals surface area contributed by atoms with E-state index in [9.17, 15) is 4.79 Å². The number of carbonyl (C=O) groups excluding carboxylic acids is 1. The molecule has 4 nitrogen and oxygen atoms in total. The molecule has 6 heteroatoms. The van der Waals surface area contributed by atoms with E-state index in [1.807, 2.05) is 56.6 Å². The Morgan fingerprint density at radius 1 is 1.08 bits per heavy atom. The Balaban J connectivity index is 0.00000264. The summed E-state index contributed by atoms with van der Waals surface area (Å²) in [5.74, 6) is 0.00487. The second kappa shape index (κ2) is 10.9. The Hall–Kier alpha value is -1.75. The molecule has 3 N–H and O–H groups in total. The number of hydrogen-bond acceptors (Lipinski definition) is 3. The highest BCUT2D eigenvalue weighted by Crippen LogP contribution is 2.15. The highest BCUT2D eigenvalue weighted by Gasteiger charge is 2.06. The molecule has 0 aliphatic rings. The molecular weight excluding hydrogens is 345 g/mol. The predicted octanol–water partition coefficient (Wildman–Crippen LogP) is 3.75. The molecule has 0 heterocycles. The second-order valence-corrected chi connectivity index (χ2v) is 5.69. The van der Waals surface area contributed by atoms with Gasteiger partial charge in [-0.15, -0.1) is 24.8 Å². The highest BCUT2D eigenvalue weighted by atomic mass is 35.5. The van der Waals surface area contributed by atoms with Crippen molar-refractivity contribution in [2.24, 2.45) is 0 Å². The predicted molar refractivity (Wildman–Crippen MR) is 106 cm³/mol. The van der Waals surface area contributed by atoms with Crippen molar-refractivity contribution >= 4 is 42.1 Å². The molecule has 2 aromatic rings. The number of rotatable bonds is 6. The average Bonchev–Trinajstić information content (AvgIpc) is 2.46. The van der Waals surface area contributed by atoms with E-state index in [2.05, 4.69) is 16.3 Å². The van der Waals surface area contributed by atoms with Crippen LogP contribution in [0.15, 0.2) is 48.5 Å². The first kappa shape index (κ1) is 22.2. The Kier molecular flexibility index (Phi) is 10.1. The number of amides is 1. The number of nitrogen functional groups attached to an aromatic ring is 1. The number of nitrogens with one attached hydrogen (secondary N) is 1. The zero-order chi connectivity index (χ0) is 15.9. The molecule has 0 saturated heterocycles. The lowest BCUT2D eigenvalue weighted by Crippen LogP contribution is -2.14. The molecule has 0 fully saturated rings. The highest BCUT2D eigenvalue weighted by molar-refractivity contribution is 5.91. The third-order valence-corrected chi connectivity index (χ3v) is 3.39. The molecule has 0 aromatic heterocycles. The summed E-state index contributed by atoms with van der Waals surface area (Å²) in [5, 5.41) is 2.95. The van der Waals surface area contributed by atoms with E-state index >= 15 is 0 Å². The second-order valence-electron chi connectivity index (χ2n) is 5.69. The van der Waals surface area contributed by atoms with Gasteiger partial charge in [0, 0.05) is 24.3 Å². The van der Waals surface area contributed by atoms with Crippen LogP contribution >= 0.6 is 24.8 Å². The van der Waals surface area contributed by atoms with Crippen LogP contribution in [0.2, 0.25) is 0 Å². The SMILES string of the molecule is CN(C)Cc1cccc(NC(=O)CCc2ccccc2N)c1.Cl.Cl. The Bertz CT molecular complexity index is 648. The molecule has 0 unspecified atom stereocenters. The van der Waals surface area contributed by atoms with Crippen LogP contribution in [0.3, 0.4) is 0 Å². The summed E-state index contributed by atoms with van der Waals surface area (Å²) in [4.78, 5) is 14.2. The fourth-order valence-corrected chi connectivity index (χ4v) is 2.35. The maximum Gasteiger partial charge on any atom is 0.224 e. The van der Waals surface area contributed by atoms with E-state index in [-0.39, 0.29) is 30.7 Å². The standard InChI is InChI=1S/C18H23N3O.2ClH/c1-21(2)13-14-6-5-8-16(12-14)20-18(22)11-10-15-7-3-4-9-17(15)19;;/h3-9,12H,10-11,13,19H2,1-2H3,(H,20,22);2*1H. The van der Waals surface area contributed by atoms with Gasteiger partial charge in [0.15, 0.2) is 0 Å². The molecule has 1 amide bonds. The molecule has 0 aliphatic heterocycles. The zero-order valence-corrected chi connectivity index (χ0v) is 15.6. The van der Waals surface area contributed by atoms with Crippen molar-refractivity contribution in [2.75, 3.05) is 25.1 Å². The Labute approximate surface area is 156 Å². The number of para-hydroxylation sites is 1. The summed E-state index contributed by atoms with van der Waals surface area (Å²) in [6.45, 7) is 0.851. The van der Waals surface area contributed by atoms with Crippen LogP contribution in [0.25, 0.3) is 0 Å². The third kappa shape index (κ3) is 7.21. The van der Waals surface area contributed by atoms with Crippen molar-refractivity contribution in [3.8, 4) is 0 Å². The maximum absolute atomic E-state index is 12.1. The molecule has 24 heavy (non-hydrogen) atoms. The number of benzene rings is 2. The quantitative estimate of drug-likeness (QED) is 0.762. The van der Waals surface area contributed by atoms with Crippen molar-refractivity contribution < 1.29 is 4.79 Å². The number of nitrogens with zero attached hydrogens (tertiary/aromatic N) is 1. The van der Waals surface area contributed by atoms with E-state index in [4.69, 9.17) is 5.73 Å². The van der Waals surface area contributed by atoms with Crippen LogP contribution in [0.5, 0.6) is 0 Å². The molecule has 0 atom stereocenters. The van der Waals surface area contributed by atoms with Crippen molar-refractivity contribution in [1.82, 2.24) is 4.90 Å². The van der Waals surface area contributed by atoms with Gasteiger partial charge in [-0.2, -0.15) is 0 Å². The maximum atomic E-state index is 12.1. The van der Waals surface area contributed by atoms with Crippen molar-refractivity contribution in [1.29, 1.82) is 0 Å². The topological polar surface area (TPSA) is 58.4 Å². The normalized spacial score (nSPS) is 9.79. The first-order valence-electron chi connectivity index (χ1n) is 7.41. The molecule has 132 valence electrons. The van der Waals surface area contributed by atoms with Crippen LogP contribution < -0.4 is 11.1 Å². The van der Waals surface area contributed by atoms with Crippen LogP contribution in [0.1, 0.15) is 17.5 Å². The van der Waals surface area contributed by atoms with Gasteiger partial charge in [0.25, 0.3) is 0 Å². The largest absolute Gasteiger partial charge is 0.399 e. The smallest absolute Gasteiger partial charge is 0.224 e. The summed E-state index contributed by atoms with van der Waals surface area (Å²) in [6.07, 6.45) is 1.07. The van der Waals surface area contributed by atoms with Gasteiger partial charge in [-0.05, 0) is 49.8 Å². The monoisotopic (exact) mass is 369 g/mol. The van der Waals surface area contributed by atoms with Crippen molar-refractivity contribution in [2.45, 2.75) is 19.4 Å². The minimum atomic E-state index is 0. The van der Waals surface area contributed by atoms with Gasteiger partial charge in [0.05, 0.1) is 0 Å². The molecular formula is C18H25Cl2N3O. The van der Waals surface area contributed by atoms with Crippen LogP contribution in [-0.2, 0) is 17.8 Å². The van der Waals surface area contributed by atoms with E-state index in [1.54, 1.807) is 0 Å². The summed E-state index contributed by atoms with van der Waals surface area (Å²) >= 11 is 0. The van der Waals surface area contributed by atoms with E-state index in [0.717, 1.165) is 23.5 Å². The number of anilines is 2. The number of carbonyl (C=O) groups is 1. The van der Waals surface area contributed by atoms with Gasteiger partial charge in [0.2, 0.25) is 5.91 Å². The van der Waals surface area contributed by atoms with E-state index < -0.39 is 0 Å². The lowest BCUT2D eigenvalue weighted by molar-refractivity contribution is -0.116. The summed E-state index contributed by atoms with van der Waals surface area (Å²) < 4.78 is 0.